The van der Waals surface area contributed by atoms with E-state index in [1.165, 1.54) is 16.8 Å². The van der Waals surface area contributed by atoms with Gasteiger partial charge in [-0.3, -0.25) is 4.79 Å². The second-order valence-corrected chi connectivity index (χ2v) is 7.12. The van der Waals surface area contributed by atoms with E-state index in [1.54, 1.807) is 11.8 Å². The monoisotopic (exact) mass is 286 g/mol. The molecular weight excluding hydrogens is 272 g/mol. The molecule has 0 aliphatic carbocycles. The maximum atomic E-state index is 11.7. The minimum Gasteiger partial charge on any atom is -0.369 e. The molecule has 2 rings (SSSR count). The zero-order chi connectivity index (χ0) is 12.3. The van der Waals surface area contributed by atoms with Crippen LogP contribution in [0.15, 0.2) is 27.9 Å². The molecule has 0 aromatic heterocycles. The number of nitrogens with zero attached hydrogens (tertiary/aromatic N) is 2. The summed E-state index contributed by atoms with van der Waals surface area (Å²) in [5.74, 6) is 2.07. The Bertz CT molecular complexity index is 415. The molecule has 2 aliphatic heterocycles. The van der Waals surface area contributed by atoms with Crippen LogP contribution in [0.2, 0.25) is 0 Å². The average molecular weight is 286 g/mol. The van der Waals surface area contributed by atoms with Crippen molar-refractivity contribution in [3.05, 3.63) is 22.9 Å². The normalized spacial score (nSPS) is 25.2. The number of carbonyl (C=O) groups excluding carboxylic acids is 1. The van der Waals surface area contributed by atoms with E-state index in [9.17, 15) is 4.79 Å². The third-order valence-corrected chi connectivity index (χ3v) is 5.33. The third kappa shape index (κ3) is 3.33. The highest BCUT2D eigenvalue weighted by molar-refractivity contribution is 8.45. The second kappa shape index (κ2) is 6.02. The first-order valence-corrected chi connectivity index (χ1v) is 8.19. The van der Waals surface area contributed by atoms with Crippen molar-refractivity contribution in [2.75, 3.05) is 25.1 Å². The van der Waals surface area contributed by atoms with Crippen molar-refractivity contribution >= 4 is 44.8 Å². The Labute approximate surface area is 114 Å². The number of thioether (sulfide) groups is 3. The van der Waals surface area contributed by atoms with E-state index in [2.05, 4.69) is 23.9 Å². The molecule has 2 aliphatic rings. The minimum absolute atomic E-state index is 0.0588. The van der Waals surface area contributed by atoms with Crippen LogP contribution in [-0.4, -0.2) is 39.5 Å². The maximum Gasteiger partial charge on any atom is 0.244 e. The molecule has 92 valence electrons. The Balaban J connectivity index is 2.09. The lowest BCUT2D eigenvalue weighted by Crippen LogP contribution is -2.10. The lowest BCUT2D eigenvalue weighted by atomic mass is 10.4. The average Bonchev–Trinajstić information content (AvgIpc) is 2.83. The molecule has 17 heavy (non-hydrogen) atoms. The summed E-state index contributed by atoms with van der Waals surface area (Å²) >= 11 is 4.67. The summed E-state index contributed by atoms with van der Waals surface area (Å²) in [6.07, 6.45) is 3.83. The highest BCUT2D eigenvalue weighted by atomic mass is 32.2. The van der Waals surface area contributed by atoms with Crippen LogP contribution in [0, 0.1) is 0 Å². The fraction of sp³-hybridized carbons (Fsp3) is 0.455. The van der Waals surface area contributed by atoms with Crippen LogP contribution in [0.1, 0.15) is 6.92 Å². The summed E-state index contributed by atoms with van der Waals surface area (Å²) in [6, 6.07) is 0. The van der Waals surface area contributed by atoms with E-state index >= 15 is 0 Å². The van der Waals surface area contributed by atoms with Gasteiger partial charge in [-0.15, -0.1) is 11.8 Å². The summed E-state index contributed by atoms with van der Waals surface area (Å²) in [5.41, 5.74) is 0.569. The second-order valence-electron chi connectivity index (χ2n) is 3.53. The van der Waals surface area contributed by atoms with Crippen molar-refractivity contribution in [2.45, 2.75) is 6.92 Å². The summed E-state index contributed by atoms with van der Waals surface area (Å²) in [5, 5.41) is 1.27. The molecule has 0 atom stereocenters. The standard InChI is InChI=1S/C11H14N2OS3/c1-3-15-11-12-8(10(14)17-11)4-5-9-13(2)6-7-16-9/h4-5H,3,6-7H2,1-2H3/b8-4-,9-5+. The van der Waals surface area contributed by atoms with E-state index in [0.717, 1.165) is 22.4 Å². The van der Waals surface area contributed by atoms with Crippen LogP contribution in [0.5, 0.6) is 0 Å². The Morgan fingerprint density at radius 1 is 1.53 bits per heavy atom. The maximum absolute atomic E-state index is 11.7. The molecule has 0 aromatic rings. The fourth-order valence-electron chi connectivity index (χ4n) is 1.42. The van der Waals surface area contributed by atoms with Gasteiger partial charge in [0.1, 0.15) is 10.1 Å². The minimum atomic E-state index is 0.0588. The van der Waals surface area contributed by atoms with Crippen LogP contribution >= 0.6 is 35.3 Å². The summed E-state index contributed by atoms with van der Waals surface area (Å²) in [7, 11) is 2.07. The lowest BCUT2D eigenvalue weighted by molar-refractivity contribution is -0.107. The predicted octanol–water partition coefficient (Wildman–Crippen LogP) is 2.77. The molecule has 6 heteroatoms. The van der Waals surface area contributed by atoms with Gasteiger partial charge in [0.15, 0.2) is 0 Å². The van der Waals surface area contributed by atoms with Gasteiger partial charge in [-0.05, 0) is 29.7 Å². The number of hydrogen-bond donors (Lipinski definition) is 0. The highest BCUT2D eigenvalue weighted by Gasteiger charge is 2.21. The predicted molar refractivity (Wildman–Crippen MR) is 79.4 cm³/mol. The molecular formula is C11H14N2OS3. The first-order chi connectivity index (χ1) is 8.20. The molecule has 0 N–H and O–H groups in total. The van der Waals surface area contributed by atoms with E-state index in [4.69, 9.17) is 0 Å². The van der Waals surface area contributed by atoms with Gasteiger partial charge < -0.3 is 4.90 Å². The molecule has 0 aromatic carbocycles. The Morgan fingerprint density at radius 3 is 3.00 bits per heavy atom. The van der Waals surface area contributed by atoms with Crippen molar-refractivity contribution < 1.29 is 4.79 Å². The van der Waals surface area contributed by atoms with Crippen LogP contribution in [-0.2, 0) is 4.79 Å². The van der Waals surface area contributed by atoms with Crippen molar-refractivity contribution in [1.82, 2.24) is 4.90 Å². The molecule has 3 nitrogen and oxygen atoms in total. The number of carbonyl (C=O) groups is 1. The molecule has 0 bridgehead atoms. The topological polar surface area (TPSA) is 32.7 Å². The zero-order valence-electron chi connectivity index (χ0n) is 9.80. The Kier molecular flexibility index (Phi) is 4.64. The van der Waals surface area contributed by atoms with Crippen LogP contribution in [0.3, 0.4) is 0 Å². The molecule has 0 unspecified atom stereocenters. The number of aliphatic imine (C=N–C) groups is 1. The van der Waals surface area contributed by atoms with E-state index in [-0.39, 0.29) is 5.12 Å². The Morgan fingerprint density at radius 2 is 2.35 bits per heavy atom. The lowest BCUT2D eigenvalue weighted by Gasteiger charge is -2.09. The van der Waals surface area contributed by atoms with E-state index in [1.807, 2.05) is 23.9 Å². The highest BCUT2D eigenvalue weighted by Crippen LogP contribution is 2.31. The summed E-state index contributed by atoms with van der Waals surface area (Å²) in [6.45, 7) is 3.13. The van der Waals surface area contributed by atoms with Crippen LogP contribution in [0.25, 0.3) is 0 Å². The molecule has 0 amide bonds. The largest absolute Gasteiger partial charge is 0.369 e. The fourth-order valence-corrected chi connectivity index (χ4v) is 4.22. The van der Waals surface area contributed by atoms with Gasteiger partial charge in [0.05, 0.1) is 5.03 Å². The Hall–Kier alpha value is -0.330. The van der Waals surface area contributed by atoms with Gasteiger partial charge >= 0.3 is 0 Å². The first kappa shape index (κ1) is 13.1. The van der Waals surface area contributed by atoms with E-state index in [0.29, 0.717) is 5.70 Å². The molecule has 1 fully saturated rings. The molecule has 0 radical (unpaired) electrons. The van der Waals surface area contributed by atoms with Gasteiger partial charge in [0.25, 0.3) is 0 Å². The smallest absolute Gasteiger partial charge is 0.244 e. The zero-order valence-corrected chi connectivity index (χ0v) is 12.3. The summed E-state index contributed by atoms with van der Waals surface area (Å²) in [4.78, 5) is 18.2. The van der Waals surface area contributed by atoms with Gasteiger partial charge in [0.2, 0.25) is 5.12 Å². The van der Waals surface area contributed by atoms with Gasteiger partial charge in [-0.25, -0.2) is 4.99 Å². The van der Waals surface area contributed by atoms with Gasteiger partial charge in [-0.1, -0.05) is 18.7 Å². The van der Waals surface area contributed by atoms with Crippen molar-refractivity contribution in [1.29, 1.82) is 0 Å². The van der Waals surface area contributed by atoms with Crippen LogP contribution < -0.4 is 0 Å². The summed E-state index contributed by atoms with van der Waals surface area (Å²) < 4.78 is 0.870. The molecule has 1 saturated heterocycles. The molecule has 0 saturated carbocycles. The number of allylic oxidation sites excluding steroid dienone is 2. The van der Waals surface area contributed by atoms with Crippen molar-refractivity contribution in [2.24, 2.45) is 4.99 Å². The van der Waals surface area contributed by atoms with E-state index < -0.39 is 0 Å². The number of rotatable bonds is 2. The van der Waals surface area contributed by atoms with Gasteiger partial charge in [-0.2, -0.15) is 0 Å². The molecule has 2 heterocycles. The van der Waals surface area contributed by atoms with Gasteiger partial charge in [0, 0.05) is 19.3 Å². The first-order valence-electron chi connectivity index (χ1n) is 5.40. The number of hydrogen-bond acceptors (Lipinski definition) is 6. The SMILES string of the molecule is CCSC1=N/C(=C\C=C2\SCCN2C)C(=O)S1. The van der Waals surface area contributed by atoms with Crippen molar-refractivity contribution in [3.63, 3.8) is 0 Å². The van der Waals surface area contributed by atoms with Crippen molar-refractivity contribution in [3.8, 4) is 0 Å². The van der Waals surface area contributed by atoms with Crippen LogP contribution in [0.4, 0.5) is 0 Å². The quantitative estimate of drug-likeness (QED) is 0.729. The molecule has 0 spiro atoms. The third-order valence-electron chi connectivity index (χ3n) is 2.31.